The van der Waals surface area contributed by atoms with Crippen LogP contribution in [0.25, 0.3) is 0 Å². The lowest BCUT2D eigenvalue weighted by Crippen LogP contribution is -2.19. The molecule has 0 fully saturated rings. The first kappa shape index (κ1) is 12.0. The molecule has 0 saturated heterocycles. The zero-order valence-corrected chi connectivity index (χ0v) is 10.7. The zero-order chi connectivity index (χ0) is 11.8. The summed E-state index contributed by atoms with van der Waals surface area (Å²) in [7, 11) is -1.56. The first-order valence-corrected chi connectivity index (χ1v) is 7.69. The van der Waals surface area contributed by atoms with Gasteiger partial charge in [-0.15, -0.1) is 11.3 Å². The summed E-state index contributed by atoms with van der Waals surface area (Å²) >= 11 is 1.46. The minimum atomic E-state index is -3.47. The highest BCUT2D eigenvalue weighted by Gasteiger charge is 2.24. The fraction of sp³-hybridized carbons (Fsp3) is 0.667. The van der Waals surface area contributed by atoms with Crippen LogP contribution in [0.2, 0.25) is 0 Å². The molecule has 0 saturated carbocycles. The van der Waals surface area contributed by atoms with Gasteiger partial charge in [0.05, 0.1) is 5.69 Å². The van der Waals surface area contributed by atoms with Gasteiger partial charge in [0.2, 0.25) is 10.0 Å². The second-order valence-electron chi connectivity index (χ2n) is 3.96. The molecule has 0 radical (unpaired) electrons. The number of hydrogen-bond donors (Lipinski definition) is 2. The van der Waals surface area contributed by atoms with Crippen LogP contribution >= 0.6 is 11.3 Å². The van der Waals surface area contributed by atoms with E-state index < -0.39 is 10.0 Å². The summed E-state index contributed by atoms with van der Waals surface area (Å²) in [5, 5.41) is 8.85. The van der Waals surface area contributed by atoms with Crippen LogP contribution in [0.4, 0.5) is 0 Å². The molecular weight excluding hydrogens is 246 g/mol. The molecule has 1 aliphatic carbocycles. The highest BCUT2D eigenvalue weighted by atomic mass is 32.2. The largest absolute Gasteiger partial charge is 0.312 e. The van der Waals surface area contributed by atoms with Crippen molar-refractivity contribution in [3.8, 4) is 0 Å². The molecular formula is C9H15N3O2S2. The Morgan fingerprint density at radius 2 is 2.38 bits per heavy atom. The van der Waals surface area contributed by atoms with E-state index in [9.17, 15) is 8.42 Å². The van der Waals surface area contributed by atoms with Crippen LogP contribution < -0.4 is 10.5 Å². The van der Waals surface area contributed by atoms with Gasteiger partial charge in [0.15, 0.2) is 0 Å². The van der Waals surface area contributed by atoms with Crippen molar-refractivity contribution in [2.45, 2.75) is 31.1 Å². The van der Waals surface area contributed by atoms with Gasteiger partial charge in [-0.2, -0.15) is 0 Å². The molecule has 7 heteroatoms. The van der Waals surface area contributed by atoms with E-state index in [1.807, 2.05) is 7.05 Å². The van der Waals surface area contributed by atoms with Gasteiger partial charge in [-0.25, -0.2) is 18.5 Å². The summed E-state index contributed by atoms with van der Waals surface area (Å²) < 4.78 is 22.0. The smallest absolute Gasteiger partial charge is 0.215 e. The van der Waals surface area contributed by atoms with E-state index >= 15 is 0 Å². The summed E-state index contributed by atoms with van der Waals surface area (Å²) in [5.74, 6) is -0.152. The average Bonchev–Trinajstić information content (AvgIpc) is 2.56. The number of aryl methyl sites for hydroxylation is 1. The first-order valence-electron chi connectivity index (χ1n) is 5.16. The molecule has 0 aliphatic heterocycles. The second-order valence-corrected chi connectivity index (χ2v) is 6.69. The Hall–Kier alpha value is -0.500. The van der Waals surface area contributed by atoms with Crippen LogP contribution in [0.15, 0.2) is 0 Å². The van der Waals surface area contributed by atoms with Gasteiger partial charge >= 0.3 is 0 Å². The van der Waals surface area contributed by atoms with Gasteiger partial charge < -0.3 is 5.32 Å². The summed E-state index contributed by atoms with van der Waals surface area (Å²) in [6.45, 7) is 0. The van der Waals surface area contributed by atoms with Gasteiger partial charge in [-0.05, 0) is 26.3 Å². The predicted molar refractivity (Wildman–Crippen MR) is 63.7 cm³/mol. The third-order valence-electron chi connectivity index (χ3n) is 2.67. The van der Waals surface area contributed by atoms with Crippen LogP contribution in [0.1, 0.15) is 34.5 Å². The fourth-order valence-electron chi connectivity index (χ4n) is 1.98. The molecule has 0 amide bonds. The average molecular weight is 261 g/mol. The lowest BCUT2D eigenvalue weighted by Gasteiger charge is -2.20. The van der Waals surface area contributed by atoms with Crippen molar-refractivity contribution < 1.29 is 8.42 Å². The van der Waals surface area contributed by atoms with Crippen LogP contribution in [0.5, 0.6) is 0 Å². The number of hydrogen-bond acceptors (Lipinski definition) is 5. The maximum Gasteiger partial charge on any atom is 0.215 e. The Morgan fingerprint density at radius 3 is 3.00 bits per heavy atom. The van der Waals surface area contributed by atoms with Crippen LogP contribution in [0.3, 0.4) is 0 Å². The molecule has 2 rings (SSSR count). The van der Waals surface area contributed by atoms with Crippen LogP contribution in [0, 0.1) is 0 Å². The van der Waals surface area contributed by atoms with Gasteiger partial charge in [-0.1, -0.05) is 0 Å². The van der Waals surface area contributed by atoms with E-state index in [2.05, 4.69) is 10.3 Å². The van der Waals surface area contributed by atoms with Crippen molar-refractivity contribution in [3.05, 3.63) is 15.6 Å². The lowest BCUT2D eigenvalue weighted by atomic mass is 9.98. The van der Waals surface area contributed by atoms with Crippen LogP contribution in [-0.2, 0) is 22.2 Å². The third-order valence-corrected chi connectivity index (χ3v) is 4.74. The maximum atomic E-state index is 11.0. The number of thiazole rings is 1. The van der Waals surface area contributed by atoms with E-state index in [4.69, 9.17) is 5.14 Å². The molecule has 5 nitrogen and oxygen atoms in total. The Labute approximate surface area is 99.1 Å². The van der Waals surface area contributed by atoms with Gasteiger partial charge in [0.1, 0.15) is 10.8 Å². The number of rotatable bonds is 3. The Balaban J connectivity index is 2.29. The molecule has 3 N–H and O–H groups in total. The van der Waals surface area contributed by atoms with Crippen molar-refractivity contribution in [3.63, 3.8) is 0 Å². The standard InChI is InChI=1S/C9H15N3O2S2/c1-11-6-3-2-4-7-9(6)15-8(12-7)5-16(10,13)14/h6,11H,2-5H2,1H3,(H2,10,13,14). The summed E-state index contributed by atoms with van der Waals surface area (Å²) in [6.07, 6.45) is 3.12. The summed E-state index contributed by atoms with van der Waals surface area (Å²) in [4.78, 5) is 5.53. The highest BCUT2D eigenvalue weighted by Crippen LogP contribution is 2.34. The normalized spacial score (nSPS) is 20.8. The third kappa shape index (κ3) is 2.60. The molecule has 1 heterocycles. The van der Waals surface area contributed by atoms with E-state index in [1.165, 1.54) is 16.2 Å². The second kappa shape index (κ2) is 4.40. The Morgan fingerprint density at radius 1 is 1.62 bits per heavy atom. The zero-order valence-electron chi connectivity index (χ0n) is 9.06. The number of fused-ring (bicyclic) bond motifs is 1. The number of nitrogens with zero attached hydrogens (tertiary/aromatic N) is 1. The molecule has 0 aromatic carbocycles. The Kier molecular flexibility index (Phi) is 3.29. The van der Waals surface area contributed by atoms with E-state index in [1.54, 1.807) is 0 Å². The van der Waals surface area contributed by atoms with Crippen molar-refractivity contribution in [1.82, 2.24) is 10.3 Å². The van der Waals surface area contributed by atoms with Gasteiger partial charge in [-0.3, -0.25) is 0 Å². The topological polar surface area (TPSA) is 85.1 Å². The number of sulfonamides is 1. The molecule has 1 aromatic rings. The monoisotopic (exact) mass is 261 g/mol. The quantitative estimate of drug-likeness (QED) is 0.831. The van der Waals surface area contributed by atoms with Crippen LogP contribution in [-0.4, -0.2) is 20.4 Å². The molecule has 1 unspecified atom stereocenters. The highest BCUT2D eigenvalue weighted by molar-refractivity contribution is 7.88. The maximum absolute atomic E-state index is 11.0. The van der Waals surface area contributed by atoms with Crippen molar-refractivity contribution >= 4 is 21.4 Å². The van der Waals surface area contributed by atoms with E-state index in [-0.39, 0.29) is 5.75 Å². The van der Waals surface area contributed by atoms with Gasteiger partial charge in [0, 0.05) is 10.9 Å². The molecule has 1 aliphatic rings. The number of nitrogens with one attached hydrogen (secondary N) is 1. The number of aromatic nitrogens is 1. The summed E-state index contributed by atoms with van der Waals surface area (Å²) in [6, 6.07) is 0.315. The molecule has 1 aromatic heterocycles. The van der Waals surface area contributed by atoms with Crippen molar-refractivity contribution in [2.24, 2.45) is 5.14 Å². The minimum Gasteiger partial charge on any atom is -0.312 e. The SMILES string of the molecule is CNC1CCCc2nc(CS(N)(=O)=O)sc21. The predicted octanol–water partition coefficient (Wildman–Crippen LogP) is 0.528. The molecule has 16 heavy (non-hydrogen) atoms. The van der Waals surface area contributed by atoms with E-state index in [0.717, 1.165) is 25.0 Å². The van der Waals surface area contributed by atoms with Crippen molar-refractivity contribution in [2.75, 3.05) is 7.05 Å². The lowest BCUT2D eigenvalue weighted by molar-refractivity contribution is 0.501. The van der Waals surface area contributed by atoms with Crippen molar-refractivity contribution in [1.29, 1.82) is 0 Å². The molecule has 1 atom stereocenters. The van der Waals surface area contributed by atoms with E-state index in [0.29, 0.717) is 11.0 Å². The van der Waals surface area contributed by atoms with Gasteiger partial charge in [0.25, 0.3) is 0 Å². The Bertz CT molecular complexity index is 481. The fourth-order valence-corrected chi connectivity index (χ4v) is 4.17. The molecule has 0 bridgehead atoms. The number of primary sulfonamides is 1. The first-order chi connectivity index (χ1) is 7.49. The minimum absolute atomic E-state index is 0.152. The summed E-state index contributed by atoms with van der Waals surface area (Å²) in [5.41, 5.74) is 1.04. The molecule has 0 spiro atoms. The number of nitrogens with two attached hydrogens (primary N) is 1. The molecule has 90 valence electrons.